The molecule has 3 aromatic rings. The molecule has 1 aromatic heterocycles. The highest BCUT2D eigenvalue weighted by atomic mass is 127. The second-order valence-electron chi connectivity index (χ2n) is 6.12. The van der Waals surface area contributed by atoms with Gasteiger partial charge < -0.3 is 9.88 Å². The number of carbonyl (C=O) groups excluding carboxylic acids is 1. The molecule has 0 aliphatic heterocycles. The molecule has 1 N–H and O–H groups in total. The average molecular weight is 510 g/mol. The second-order valence-corrected chi connectivity index (χ2v) is 9.27. The van der Waals surface area contributed by atoms with E-state index in [1.165, 1.54) is 0 Å². The molecule has 1 amide bonds. The molecule has 1 heterocycles. The topological polar surface area (TPSA) is 84.3 Å². The number of nitrogens with one attached hydrogen (secondary N) is 1. The van der Waals surface area contributed by atoms with Gasteiger partial charge in [-0.1, -0.05) is 18.2 Å². The van der Waals surface area contributed by atoms with Crippen molar-refractivity contribution in [2.24, 2.45) is 0 Å². The highest BCUT2D eigenvalue weighted by molar-refractivity contribution is 14.1. The number of nitrogens with zero attached hydrogens (tertiary/aromatic N) is 3. The van der Waals surface area contributed by atoms with E-state index in [9.17, 15) is 13.2 Å². The van der Waals surface area contributed by atoms with E-state index < -0.39 is 10.0 Å². The Hall–Kier alpha value is -2.40. The summed E-state index contributed by atoms with van der Waals surface area (Å²) in [6.45, 7) is -0.00978. The maximum absolute atomic E-state index is 12.5. The van der Waals surface area contributed by atoms with Crippen LogP contribution in [0.2, 0.25) is 0 Å². The van der Waals surface area contributed by atoms with Gasteiger partial charge in [0.05, 0.1) is 24.0 Å². The average Bonchev–Trinajstić information content (AvgIpc) is 3.19. The van der Waals surface area contributed by atoms with Crippen molar-refractivity contribution in [1.82, 2.24) is 14.9 Å². The van der Waals surface area contributed by atoms with Crippen molar-refractivity contribution in [3.63, 3.8) is 0 Å². The highest BCUT2D eigenvalue weighted by Crippen LogP contribution is 2.19. The monoisotopic (exact) mass is 510 g/mol. The molecule has 0 spiro atoms. The third-order valence-electron chi connectivity index (χ3n) is 4.05. The first-order chi connectivity index (χ1) is 13.3. The lowest BCUT2D eigenvalue weighted by molar-refractivity contribution is -0.119. The fraction of sp³-hybridized carbons (Fsp3) is 0.158. The van der Waals surface area contributed by atoms with Gasteiger partial charge in [0.2, 0.25) is 15.9 Å². The number of benzene rings is 2. The van der Waals surface area contributed by atoms with Crippen molar-refractivity contribution in [3.05, 3.63) is 76.4 Å². The molecule has 9 heteroatoms. The van der Waals surface area contributed by atoms with Crippen molar-refractivity contribution in [1.29, 1.82) is 0 Å². The molecule has 0 aliphatic carbocycles. The molecule has 0 fully saturated rings. The van der Waals surface area contributed by atoms with Crippen LogP contribution in [0, 0.1) is 3.57 Å². The van der Waals surface area contributed by atoms with Gasteiger partial charge in [0, 0.05) is 22.5 Å². The number of hydrogen-bond donors (Lipinski definition) is 1. The molecule has 28 heavy (non-hydrogen) atoms. The van der Waals surface area contributed by atoms with Crippen molar-refractivity contribution in [2.75, 3.05) is 17.1 Å². The van der Waals surface area contributed by atoms with Crippen molar-refractivity contribution in [2.45, 2.75) is 6.54 Å². The van der Waals surface area contributed by atoms with Crippen LogP contribution in [0.5, 0.6) is 0 Å². The molecule has 0 unspecified atom stereocenters. The molecule has 7 nitrogen and oxygen atoms in total. The van der Waals surface area contributed by atoms with Gasteiger partial charge in [0.25, 0.3) is 0 Å². The summed E-state index contributed by atoms with van der Waals surface area (Å²) in [6.07, 6.45) is 6.28. The zero-order valence-corrected chi connectivity index (χ0v) is 18.1. The van der Waals surface area contributed by atoms with Crippen LogP contribution < -0.4 is 9.62 Å². The number of halogens is 1. The fourth-order valence-corrected chi connectivity index (χ4v) is 3.92. The van der Waals surface area contributed by atoms with Crippen LogP contribution in [0.1, 0.15) is 5.56 Å². The van der Waals surface area contributed by atoms with Crippen molar-refractivity contribution >= 4 is 44.2 Å². The maximum atomic E-state index is 12.5. The summed E-state index contributed by atoms with van der Waals surface area (Å²) in [5.41, 5.74) is 2.25. The van der Waals surface area contributed by atoms with Crippen LogP contribution in [0.3, 0.4) is 0 Å². The Bertz CT molecular complexity index is 1050. The molecule has 0 atom stereocenters. The van der Waals surface area contributed by atoms with Gasteiger partial charge in [-0.3, -0.25) is 9.10 Å². The Balaban J connectivity index is 1.72. The van der Waals surface area contributed by atoms with Crippen molar-refractivity contribution in [3.8, 4) is 5.69 Å². The van der Waals surface area contributed by atoms with Crippen LogP contribution in [0.4, 0.5) is 5.69 Å². The van der Waals surface area contributed by atoms with E-state index in [-0.39, 0.29) is 19.0 Å². The zero-order valence-electron chi connectivity index (χ0n) is 15.1. The zero-order chi connectivity index (χ0) is 20.1. The summed E-state index contributed by atoms with van der Waals surface area (Å²) in [5, 5.41) is 2.80. The molecule has 146 valence electrons. The molecule has 0 bridgehead atoms. The van der Waals surface area contributed by atoms with Gasteiger partial charge in [0.1, 0.15) is 6.54 Å². The standard InChI is InChI=1S/C19H19IN4O3S/c1-28(26,27)24(17-8-6-16(20)7-9-17)13-19(25)22-12-15-4-2-3-5-18(15)23-11-10-21-14-23/h2-11,14H,12-13H2,1H3,(H,22,25). The lowest BCUT2D eigenvalue weighted by Crippen LogP contribution is -2.40. The van der Waals surface area contributed by atoms with Gasteiger partial charge in [-0.05, 0) is 58.5 Å². The summed E-state index contributed by atoms with van der Waals surface area (Å²) in [7, 11) is -3.59. The van der Waals surface area contributed by atoms with E-state index in [2.05, 4.69) is 32.9 Å². The van der Waals surface area contributed by atoms with Gasteiger partial charge in [-0.2, -0.15) is 0 Å². The predicted molar refractivity (Wildman–Crippen MR) is 117 cm³/mol. The van der Waals surface area contributed by atoms with E-state index in [1.807, 2.05) is 35.0 Å². The van der Waals surface area contributed by atoms with Crippen LogP contribution >= 0.6 is 22.6 Å². The Kier molecular flexibility index (Phi) is 6.35. The van der Waals surface area contributed by atoms with Gasteiger partial charge in [0.15, 0.2) is 0 Å². The Labute approximate surface area is 177 Å². The predicted octanol–water partition coefficient (Wildman–Crippen LogP) is 2.56. The number of imidazole rings is 1. The molecule has 3 rings (SSSR count). The molecular formula is C19H19IN4O3S. The lowest BCUT2D eigenvalue weighted by atomic mass is 10.1. The summed E-state index contributed by atoms with van der Waals surface area (Å²) in [4.78, 5) is 16.5. The number of aromatic nitrogens is 2. The smallest absolute Gasteiger partial charge is 0.241 e. The number of para-hydroxylation sites is 1. The second kappa shape index (κ2) is 8.74. The first kappa shape index (κ1) is 20.3. The Morgan fingerprint density at radius 1 is 1.18 bits per heavy atom. The number of sulfonamides is 1. The number of rotatable bonds is 7. The fourth-order valence-electron chi connectivity index (χ4n) is 2.70. The summed E-state index contributed by atoms with van der Waals surface area (Å²) >= 11 is 2.14. The van der Waals surface area contributed by atoms with Gasteiger partial charge >= 0.3 is 0 Å². The number of hydrogen-bond acceptors (Lipinski definition) is 4. The number of carbonyl (C=O) groups is 1. The minimum Gasteiger partial charge on any atom is -0.350 e. The van der Waals surface area contributed by atoms with Crippen LogP contribution in [-0.2, 0) is 21.4 Å². The molecule has 0 aliphatic rings. The highest BCUT2D eigenvalue weighted by Gasteiger charge is 2.20. The molecule has 0 saturated heterocycles. The summed E-state index contributed by atoms with van der Waals surface area (Å²) in [5.74, 6) is -0.385. The summed E-state index contributed by atoms with van der Waals surface area (Å²) in [6, 6.07) is 14.6. The van der Waals surface area contributed by atoms with Crippen LogP contribution in [0.15, 0.2) is 67.3 Å². The summed E-state index contributed by atoms with van der Waals surface area (Å²) < 4.78 is 28.3. The number of amides is 1. The maximum Gasteiger partial charge on any atom is 0.241 e. The third-order valence-corrected chi connectivity index (χ3v) is 5.91. The van der Waals surface area contributed by atoms with Crippen LogP contribution in [0.25, 0.3) is 5.69 Å². The molecule has 0 saturated carbocycles. The van der Waals surface area contributed by atoms with Gasteiger partial charge in [-0.25, -0.2) is 13.4 Å². The van der Waals surface area contributed by atoms with E-state index in [1.54, 1.807) is 36.8 Å². The minimum absolute atomic E-state index is 0.275. The lowest BCUT2D eigenvalue weighted by Gasteiger charge is -2.22. The molecule has 2 aromatic carbocycles. The van der Waals surface area contributed by atoms with Crippen LogP contribution in [-0.4, -0.2) is 36.7 Å². The number of anilines is 1. The minimum atomic E-state index is -3.59. The normalized spacial score (nSPS) is 11.2. The first-order valence-electron chi connectivity index (χ1n) is 8.41. The van der Waals surface area contributed by atoms with E-state index in [0.717, 1.165) is 25.4 Å². The largest absolute Gasteiger partial charge is 0.350 e. The first-order valence-corrected chi connectivity index (χ1v) is 11.3. The Morgan fingerprint density at radius 2 is 1.89 bits per heavy atom. The van der Waals surface area contributed by atoms with Gasteiger partial charge in [-0.15, -0.1) is 0 Å². The van der Waals surface area contributed by atoms with Crippen molar-refractivity contribution < 1.29 is 13.2 Å². The van der Waals surface area contributed by atoms with E-state index >= 15 is 0 Å². The van der Waals surface area contributed by atoms with E-state index in [0.29, 0.717) is 5.69 Å². The van der Waals surface area contributed by atoms with E-state index in [4.69, 9.17) is 0 Å². The molecular weight excluding hydrogens is 491 g/mol. The quantitative estimate of drug-likeness (QED) is 0.496. The third kappa shape index (κ3) is 5.10. The Morgan fingerprint density at radius 3 is 2.54 bits per heavy atom. The molecule has 0 radical (unpaired) electrons. The SMILES string of the molecule is CS(=O)(=O)N(CC(=O)NCc1ccccc1-n1ccnc1)c1ccc(I)cc1.